The van der Waals surface area contributed by atoms with Crippen molar-refractivity contribution in [2.75, 3.05) is 0 Å². The van der Waals surface area contributed by atoms with Crippen LogP contribution < -0.4 is 0 Å². The molecule has 1 heterocycles. The van der Waals surface area contributed by atoms with E-state index in [1.165, 1.54) is 22.9 Å². The Bertz CT molecular complexity index is 1030. The van der Waals surface area contributed by atoms with Crippen LogP contribution in [0.3, 0.4) is 0 Å². The van der Waals surface area contributed by atoms with Crippen molar-refractivity contribution in [1.82, 2.24) is 15.0 Å². The van der Waals surface area contributed by atoms with Crippen LogP contribution in [-0.2, 0) is 9.84 Å². The maximum absolute atomic E-state index is 13.4. The van der Waals surface area contributed by atoms with E-state index >= 15 is 0 Å². The Labute approximate surface area is 139 Å². The summed E-state index contributed by atoms with van der Waals surface area (Å²) in [5, 5.41) is 7.57. The smallest absolute Gasteiger partial charge is 0.217 e. The number of nitrogens with zero attached hydrogens (tertiary/aromatic N) is 3. The average Bonchev–Trinajstić information content (AvgIpc) is 2.92. The van der Waals surface area contributed by atoms with Gasteiger partial charge in [-0.15, -0.1) is 5.10 Å². The summed E-state index contributed by atoms with van der Waals surface area (Å²) in [7, 11) is -3.79. The normalized spacial score (nSPS) is 11.7. The number of benzene rings is 2. The van der Waals surface area contributed by atoms with Crippen LogP contribution in [0.25, 0.3) is 5.69 Å². The quantitative estimate of drug-likeness (QED) is 0.731. The number of halogens is 1. The van der Waals surface area contributed by atoms with Crippen molar-refractivity contribution in [3.05, 3.63) is 65.1 Å². The first kappa shape index (κ1) is 16.3. The summed E-state index contributed by atoms with van der Waals surface area (Å²) < 4.78 is 40.4. The molecule has 1 aromatic heterocycles. The fourth-order valence-electron chi connectivity index (χ4n) is 2.41. The average molecular weight is 345 g/mol. The van der Waals surface area contributed by atoms with Crippen LogP contribution in [0, 0.1) is 26.6 Å². The molecule has 0 radical (unpaired) electrons. The second-order valence-electron chi connectivity index (χ2n) is 5.62. The van der Waals surface area contributed by atoms with Gasteiger partial charge in [0.05, 0.1) is 16.3 Å². The van der Waals surface area contributed by atoms with Crippen LogP contribution in [0.4, 0.5) is 4.39 Å². The lowest BCUT2D eigenvalue weighted by Crippen LogP contribution is -2.06. The zero-order valence-electron chi connectivity index (χ0n) is 13.5. The van der Waals surface area contributed by atoms with E-state index in [2.05, 4.69) is 10.3 Å². The number of sulfone groups is 1. The Morgan fingerprint density at radius 3 is 2.42 bits per heavy atom. The molecule has 0 atom stereocenters. The molecule has 24 heavy (non-hydrogen) atoms. The monoisotopic (exact) mass is 345 g/mol. The molecule has 0 N–H and O–H groups in total. The van der Waals surface area contributed by atoms with Crippen molar-refractivity contribution in [1.29, 1.82) is 0 Å². The van der Waals surface area contributed by atoms with Crippen LogP contribution in [0.5, 0.6) is 0 Å². The molecule has 0 amide bonds. The van der Waals surface area contributed by atoms with Gasteiger partial charge in [0.15, 0.2) is 0 Å². The molecule has 0 bridgehead atoms. The number of hydrogen-bond acceptors (Lipinski definition) is 4. The SMILES string of the molecule is Cc1ccc(S(=O)(=O)c2nnn(-c3cccc(F)c3)c2C)cc1C. The summed E-state index contributed by atoms with van der Waals surface area (Å²) in [5.74, 6) is -0.430. The lowest BCUT2D eigenvalue weighted by molar-refractivity contribution is 0.591. The molecule has 0 aliphatic carbocycles. The lowest BCUT2D eigenvalue weighted by Gasteiger charge is -2.07. The van der Waals surface area contributed by atoms with E-state index in [4.69, 9.17) is 0 Å². The van der Waals surface area contributed by atoms with Gasteiger partial charge in [-0.05, 0) is 62.2 Å². The third kappa shape index (κ3) is 2.71. The third-order valence-electron chi connectivity index (χ3n) is 3.95. The molecule has 3 aromatic rings. The van der Waals surface area contributed by atoms with Gasteiger partial charge in [0.2, 0.25) is 14.9 Å². The van der Waals surface area contributed by atoms with Gasteiger partial charge in [-0.3, -0.25) is 0 Å². The van der Waals surface area contributed by atoms with Crippen molar-refractivity contribution < 1.29 is 12.8 Å². The highest BCUT2D eigenvalue weighted by Gasteiger charge is 2.26. The summed E-state index contributed by atoms with van der Waals surface area (Å²) in [6.07, 6.45) is 0. The summed E-state index contributed by atoms with van der Waals surface area (Å²) in [6, 6.07) is 10.7. The summed E-state index contributed by atoms with van der Waals surface area (Å²) in [4.78, 5) is 0.167. The van der Waals surface area contributed by atoms with Gasteiger partial charge in [0.25, 0.3) is 0 Å². The molecule has 0 spiro atoms. The minimum absolute atomic E-state index is 0.130. The van der Waals surface area contributed by atoms with Gasteiger partial charge in [0.1, 0.15) is 5.82 Å². The van der Waals surface area contributed by atoms with Crippen molar-refractivity contribution in [2.24, 2.45) is 0 Å². The second-order valence-corrected chi connectivity index (χ2v) is 7.49. The molecule has 3 rings (SSSR count). The van der Waals surface area contributed by atoms with E-state index in [0.717, 1.165) is 11.1 Å². The Morgan fingerprint density at radius 1 is 1.00 bits per heavy atom. The molecule has 2 aromatic carbocycles. The molecule has 0 saturated carbocycles. The second kappa shape index (κ2) is 5.83. The van der Waals surface area contributed by atoms with Gasteiger partial charge in [-0.25, -0.2) is 17.5 Å². The number of hydrogen-bond donors (Lipinski definition) is 0. The maximum atomic E-state index is 13.4. The molecule has 0 aliphatic heterocycles. The van der Waals surface area contributed by atoms with Gasteiger partial charge in [-0.2, -0.15) is 0 Å². The molecule has 0 saturated heterocycles. The van der Waals surface area contributed by atoms with Gasteiger partial charge >= 0.3 is 0 Å². The molecule has 7 heteroatoms. The largest absolute Gasteiger partial charge is 0.227 e. The van der Waals surface area contributed by atoms with Gasteiger partial charge < -0.3 is 0 Å². The molecule has 0 fully saturated rings. The Morgan fingerprint density at radius 2 is 1.75 bits per heavy atom. The fraction of sp³-hybridized carbons (Fsp3) is 0.176. The minimum Gasteiger partial charge on any atom is -0.217 e. The molecule has 0 unspecified atom stereocenters. The fourth-order valence-corrected chi connectivity index (χ4v) is 3.83. The Hall–Kier alpha value is -2.54. The highest BCUT2D eigenvalue weighted by Crippen LogP contribution is 2.25. The predicted molar refractivity (Wildman–Crippen MR) is 87.4 cm³/mol. The number of rotatable bonds is 3. The number of aromatic nitrogens is 3. The van der Waals surface area contributed by atoms with Gasteiger partial charge in [0, 0.05) is 0 Å². The first-order valence-corrected chi connectivity index (χ1v) is 8.79. The third-order valence-corrected chi connectivity index (χ3v) is 5.71. The van der Waals surface area contributed by atoms with Crippen LogP contribution in [0.2, 0.25) is 0 Å². The predicted octanol–water partition coefficient (Wildman–Crippen LogP) is 3.16. The summed E-state index contributed by atoms with van der Waals surface area (Å²) in [5.41, 5.74) is 2.64. The van der Waals surface area contributed by atoms with E-state index in [1.54, 1.807) is 31.2 Å². The van der Waals surface area contributed by atoms with Crippen molar-refractivity contribution in [2.45, 2.75) is 30.7 Å². The van der Waals surface area contributed by atoms with Crippen LogP contribution in [-0.4, -0.2) is 23.4 Å². The van der Waals surface area contributed by atoms with Crippen molar-refractivity contribution in [3.8, 4) is 5.69 Å². The first-order chi connectivity index (χ1) is 11.3. The summed E-state index contributed by atoms with van der Waals surface area (Å²) >= 11 is 0. The molecule has 124 valence electrons. The minimum atomic E-state index is -3.79. The maximum Gasteiger partial charge on any atom is 0.227 e. The van der Waals surface area contributed by atoms with Crippen molar-refractivity contribution >= 4 is 9.84 Å². The van der Waals surface area contributed by atoms with Gasteiger partial charge in [-0.1, -0.05) is 17.3 Å². The summed E-state index contributed by atoms with van der Waals surface area (Å²) in [6.45, 7) is 5.36. The van der Waals surface area contributed by atoms with E-state index < -0.39 is 15.7 Å². The zero-order chi connectivity index (χ0) is 17.5. The Kier molecular flexibility index (Phi) is 3.96. The van der Waals surface area contributed by atoms with E-state index in [1.807, 2.05) is 13.8 Å². The lowest BCUT2D eigenvalue weighted by atomic mass is 10.1. The van der Waals surface area contributed by atoms with Crippen LogP contribution in [0.15, 0.2) is 52.4 Å². The number of aryl methyl sites for hydroxylation is 2. The molecule has 0 aliphatic rings. The Balaban J connectivity index is 2.11. The van der Waals surface area contributed by atoms with E-state index in [0.29, 0.717) is 11.4 Å². The van der Waals surface area contributed by atoms with E-state index in [-0.39, 0.29) is 9.92 Å². The molecule has 5 nitrogen and oxygen atoms in total. The first-order valence-electron chi connectivity index (χ1n) is 7.31. The van der Waals surface area contributed by atoms with E-state index in [9.17, 15) is 12.8 Å². The van der Waals surface area contributed by atoms with Crippen molar-refractivity contribution in [3.63, 3.8) is 0 Å². The van der Waals surface area contributed by atoms with Crippen LogP contribution >= 0.6 is 0 Å². The molecular formula is C17H16FN3O2S. The molecular weight excluding hydrogens is 329 g/mol. The van der Waals surface area contributed by atoms with Crippen LogP contribution in [0.1, 0.15) is 16.8 Å². The standard InChI is InChI=1S/C17H16FN3O2S/c1-11-7-8-16(9-12(11)2)24(22,23)17-13(3)21(20-19-17)15-6-4-5-14(18)10-15/h4-10H,1-3H3. The topological polar surface area (TPSA) is 64.8 Å². The highest BCUT2D eigenvalue weighted by molar-refractivity contribution is 7.91. The highest BCUT2D eigenvalue weighted by atomic mass is 32.2. The zero-order valence-corrected chi connectivity index (χ0v) is 14.3.